The van der Waals surface area contributed by atoms with Crippen LogP contribution in [0, 0.1) is 0 Å². The summed E-state index contributed by atoms with van der Waals surface area (Å²) in [6.45, 7) is 2.49. The minimum absolute atomic E-state index is 0.0927. The first-order valence-corrected chi connectivity index (χ1v) is 6.69. The average Bonchev–Trinajstić information content (AvgIpc) is 2.37. The summed E-state index contributed by atoms with van der Waals surface area (Å²) in [4.78, 5) is 24.4. The molecule has 1 heterocycles. The van der Waals surface area contributed by atoms with E-state index in [9.17, 15) is 9.59 Å². The molecule has 0 bridgehead atoms. The number of anilines is 2. The van der Waals surface area contributed by atoms with Crippen molar-refractivity contribution in [2.75, 3.05) is 23.8 Å². The van der Waals surface area contributed by atoms with Gasteiger partial charge in [-0.25, -0.2) is 0 Å². The molecule has 4 nitrogen and oxygen atoms in total. The van der Waals surface area contributed by atoms with Crippen LogP contribution in [0.5, 0.6) is 0 Å². The lowest BCUT2D eigenvalue weighted by Crippen LogP contribution is -2.22. The van der Waals surface area contributed by atoms with Crippen molar-refractivity contribution < 1.29 is 9.59 Å². The van der Waals surface area contributed by atoms with E-state index in [-0.39, 0.29) is 11.7 Å². The van der Waals surface area contributed by atoms with E-state index in [1.807, 2.05) is 19.2 Å². The smallest absolute Gasteiger partial charge is 0.224 e. The number of aryl methyl sites for hydroxylation is 1. The fourth-order valence-corrected chi connectivity index (χ4v) is 2.30. The summed E-state index contributed by atoms with van der Waals surface area (Å²) < 4.78 is 0. The number of nitrogens with one attached hydrogen (secondary N) is 1. The number of Topliss-reactive ketones (excluding diaryl/α,β-unsaturated/α-hetero) is 1. The maximum Gasteiger partial charge on any atom is 0.224 e. The van der Waals surface area contributed by atoms with Crippen LogP contribution in [0.25, 0.3) is 0 Å². The van der Waals surface area contributed by atoms with Crippen molar-refractivity contribution in [1.29, 1.82) is 0 Å². The molecule has 0 aliphatic carbocycles. The van der Waals surface area contributed by atoms with Gasteiger partial charge in [0, 0.05) is 37.8 Å². The van der Waals surface area contributed by atoms with E-state index in [4.69, 9.17) is 0 Å². The number of rotatable bonds is 5. The molecule has 0 unspecified atom stereocenters. The Morgan fingerprint density at radius 3 is 2.89 bits per heavy atom. The lowest BCUT2D eigenvalue weighted by Gasteiger charge is -2.23. The molecule has 0 saturated carbocycles. The molecule has 4 heteroatoms. The maximum atomic E-state index is 11.3. The molecule has 0 radical (unpaired) electrons. The summed E-state index contributed by atoms with van der Waals surface area (Å²) in [5, 5.41) is 2.88. The van der Waals surface area contributed by atoms with Crippen molar-refractivity contribution in [2.24, 2.45) is 0 Å². The highest BCUT2D eigenvalue weighted by Gasteiger charge is 2.15. The standard InChI is InChI=1S/C15H20N2O2/c1-11(18)4-3-9-17(2)13-6-7-14-12(10-13)5-8-15(19)16-14/h6-7,10H,3-5,8-9H2,1-2H3,(H,16,19). The van der Waals surface area contributed by atoms with E-state index in [0.717, 1.165) is 30.8 Å². The number of ketones is 1. The molecule has 102 valence electrons. The third-order valence-electron chi connectivity index (χ3n) is 3.45. The molecule has 0 saturated heterocycles. The summed E-state index contributed by atoms with van der Waals surface area (Å²) in [6, 6.07) is 6.10. The molecule has 0 aromatic heterocycles. The molecule has 2 rings (SSSR count). The highest BCUT2D eigenvalue weighted by molar-refractivity contribution is 5.94. The number of carbonyl (C=O) groups excluding carboxylic acids is 2. The Morgan fingerprint density at radius 1 is 1.37 bits per heavy atom. The second kappa shape index (κ2) is 5.87. The van der Waals surface area contributed by atoms with Gasteiger partial charge in [0.1, 0.15) is 5.78 Å². The van der Waals surface area contributed by atoms with Gasteiger partial charge in [-0.2, -0.15) is 0 Å². The van der Waals surface area contributed by atoms with Crippen LogP contribution in [-0.4, -0.2) is 25.3 Å². The van der Waals surface area contributed by atoms with Gasteiger partial charge in [-0.15, -0.1) is 0 Å². The van der Waals surface area contributed by atoms with Crippen LogP contribution in [0.15, 0.2) is 18.2 Å². The first-order chi connectivity index (χ1) is 9.06. The monoisotopic (exact) mass is 260 g/mol. The van der Waals surface area contributed by atoms with Crippen molar-refractivity contribution in [1.82, 2.24) is 0 Å². The zero-order valence-corrected chi connectivity index (χ0v) is 11.5. The van der Waals surface area contributed by atoms with Gasteiger partial charge in [-0.1, -0.05) is 0 Å². The highest BCUT2D eigenvalue weighted by Crippen LogP contribution is 2.27. The van der Waals surface area contributed by atoms with Gasteiger partial charge < -0.3 is 15.0 Å². The molecule has 1 aromatic carbocycles. The third kappa shape index (κ3) is 3.56. The quantitative estimate of drug-likeness (QED) is 0.884. The normalized spacial score (nSPS) is 13.7. The molecule has 0 spiro atoms. The van der Waals surface area contributed by atoms with Crippen molar-refractivity contribution in [3.8, 4) is 0 Å². The largest absolute Gasteiger partial charge is 0.375 e. The predicted molar refractivity (Wildman–Crippen MR) is 76.6 cm³/mol. The van der Waals surface area contributed by atoms with Crippen LogP contribution in [0.2, 0.25) is 0 Å². The van der Waals surface area contributed by atoms with E-state index < -0.39 is 0 Å². The Bertz CT molecular complexity index is 497. The van der Waals surface area contributed by atoms with Gasteiger partial charge in [0.05, 0.1) is 0 Å². The molecule has 19 heavy (non-hydrogen) atoms. The minimum Gasteiger partial charge on any atom is -0.375 e. The van der Waals surface area contributed by atoms with Gasteiger partial charge in [0.15, 0.2) is 0 Å². The number of hydrogen-bond donors (Lipinski definition) is 1. The topological polar surface area (TPSA) is 49.4 Å². The van der Waals surface area contributed by atoms with Crippen LogP contribution in [0.4, 0.5) is 11.4 Å². The predicted octanol–water partition coefficient (Wildman–Crippen LogP) is 2.38. The van der Waals surface area contributed by atoms with Crippen molar-refractivity contribution in [2.45, 2.75) is 32.6 Å². The molecule has 1 aromatic rings. The number of hydrogen-bond acceptors (Lipinski definition) is 3. The lowest BCUT2D eigenvalue weighted by molar-refractivity contribution is -0.117. The van der Waals surface area contributed by atoms with Crippen LogP contribution in [0.3, 0.4) is 0 Å². The van der Waals surface area contributed by atoms with Crippen molar-refractivity contribution >= 4 is 23.1 Å². The number of carbonyl (C=O) groups is 2. The van der Waals surface area contributed by atoms with Crippen molar-refractivity contribution in [3.05, 3.63) is 23.8 Å². The van der Waals surface area contributed by atoms with Gasteiger partial charge in [0.2, 0.25) is 5.91 Å². The summed E-state index contributed by atoms with van der Waals surface area (Å²) in [7, 11) is 2.03. The number of nitrogens with zero attached hydrogens (tertiary/aromatic N) is 1. The fourth-order valence-electron chi connectivity index (χ4n) is 2.30. The van der Waals surface area contributed by atoms with Crippen LogP contribution >= 0.6 is 0 Å². The van der Waals surface area contributed by atoms with Gasteiger partial charge >= 0.3 is 0 Å². The molecule has 1 N–H and O–H groups in total. The first-order valence-electron chi connectivity index (χ1n) is 6.69. The molecule has 1 aliphatic rings. The van der Waals surface area contributed by atoms with Crippen LogP contribution in [0.1, 0.15) is 31.7 Å². The van der Waals surface area contributed by atoms with E-state index in [0.29, 0.717) is 12.8 Å². The second-order valence-electron chi connectivity index (χ2n) is 5.12. The van der Waals surface area contributed by atoms with E-state index >= 15 is 0 Å². The Labute approximate surface area is 113 Å². The Hall–Kier alpha value is -1.84. The van der Waals surface area contributed by atoms with Gasteiger partial charge in [-0.05, 0) is 43.5 Å². The summed E-state index contributed by atoms with van der Waals surface area (Å²) in [5.41, 5.74) is 3.26. The molecular weight excluding hydrogens is 240 g/mol. The van der Waals surface area contributed by atoms with Crippen LogP contribution in [-0.2, 0) is 16.0 Å². The van der Waals surface area contributed by atoms with E-state index in [1.165, 1.54) is 5.56 Å². The Kier molecular flexibility index (Phi) is 4.20. The Morgan fingerprint density at radius 2 is 2.16 bits per heavy atom. The molecule has 1 amide bonds. The highest BCUT2D eigenvalue weighted by atomic mass is 16.1. The lowest BCUT2D eigenvalue weighted by atomic mass is 10.0. The number of fused-ring (bicyclic) bond motifs is 1. The SMILES string of the molecule is CC(=O)CCCN(C)c1ccc2c(c1)CCC(=O)N2. The van der Waals surface area contributed by atoms with Crippen molar-refractivity contribution in [3.63, 3.8) is 0 Å². The third-order valence-corrected chi connectivity index (χ3v) is 3.45. The summed E-state index contributed by atoms with van der Waals surface area (Å²) in [5.74, 6) is 0.330. The van der Waals surface area contributed by atoms with Gasteiger partial charge in [-0.3, -0.25) is 4.79 Å². The number of amides is 1. The number of benzene rings is 1. The fraction of sp³-hybridized carbons (Fsp3) is 0.467. The molecular formula is C15H20N2O2. The maximum absolute atomic E-state index is 11.3. The second-order valence-corrected chi connectivity index (χ2v) is 5.12. The summed E-state index contributed by atoms with van der Waals surface area (Å²) >= 11 is 0. The van der Waals surface area contributed by atoms with Crippen LogP contribution < -0.4 is 10.2 Å². The molecule has 0 fully saturated rings. The minimum atomic E-state index is 0.0927. The first kappa shape index (κ1) is 13.6. The average molecular weight is 260 g/mol. The Balaban J connectivity index is 2.01. The van der Waals surface area contributed by atoms with E-state index in [2.05, 4.69) is 16.3 Å². The summed E-state index contributed by atoms with van der Waals surface area (Å²) in [6.07, 6.45) is 2.87. The molecule has 1 aliphatic heterocycles. The van der Waals surface area contributed by atoms with Gasteiger partial charge in [0.25, 0.3) is 0 Å². The molecule has 0 atom stereocenters. The van der Waals surface area contributed by atoms with E-state index in [1.54, 1.807) is 6.92 Å². The zero-order chi connectivity index (χ0) is 13.8. The zero-order valence-electron chi connectivity index (χ0n) is 11.5.